The number of nitrogens with one attached hydrogen (secondary N) is 1. The molecule has 1 aromatic carbocycles. The summed E-state index contributed by atoms with van der Waals surface area (Å²) in [6.45, 7) is 1.74. The summed E-state index contributed by atoms with van der Waals surface area (Å²) in [5.41, 5.74) is -0.267. The maximum Gasteiger partial charge on any atom is 0.345 e. The number of hydrogen-bond donors (Lipinski definition) is 4. The van der Waals surface area contributed by atoms with Gasteiger partial charge in [-0.3, -0.25) is 4.79 Å². The first kappa shape index (κ1) is 13.7. The van der Waals surface area contributed by atoms with E-state index in [0.717, 1.165) is 0 Å². The third-order valence-electron chi connectivity index (χ3n) is 3.01. The minimum Gasteiger partial charge on any atom is -0.508 e. The van der Waals surface area contributed by atoms with Crippen LogP contribution in [0.25, 0.3) is 11.3 Å². The molecule has 0 aliphatic carbocycles. The first-order valence-electron chi connectivity index (χ1n) is 5.96. The van der Waals surface area contributed by atoms with Crippen LogP contribution in [0.15, 0.2) is 29.1 Å². The van der Waals surface area contributed by atoms with Gasteiger partial charge in [0.1, 0.15) is 11.5 Å². The molecule has 0 amide bonds. The van der Waals surface area contributed by atoms with Gasteiger partial charge in [0.05, 0.1) is 5.69 Å². The molecule has 0 bridgehead atoms. The SMILES string of the molecule is CCc1c(-c2ccc(O)cc2)[nH]c(=O)c(C(=O)O)c1O. The Morgan fingerprint density at radius 3 is 2.30 bits per heavy atom. The van der Waals surface area contributed by atoms with Crippen molar-refractivity contribution in [1.29, 1.82) is 0 Å². The molecule has 2 aromatic rings. The molecular formula is C14H13NO5. The number of aromatic carboxylic acids is 1. The summed E-state index contributed by atoms with van der Waals surface area (Å²) in [7, 11) is 0. The molecule has 0 unspecified atom stereocenters. The molecule has 20 heavy (non-hydrogen) atoms. The number of hydrogen-bond acceptors (Lipinski definition) is 4. The van der Waals surface area contributed by atoms with Crippen LogP contribution in [0.4, 0.5) is 0 Å². The summed E-state index contributed by atoms with van der Waals surface area (Å²) in [5.74, 6) is -1.93. The van der Waals surface area contributed by atoms with E-state index < -0.39 is 22.8 Å². The molecule has 4 N–H and O–H groups in total. The summed E-state index contributed by atoms with van der Waals surface area (Å²) < 4.78 is 0. The van der Waals surface area contributed by atoms with Gasteiger partial charge in [0.2, 0.25) is 0 Å². The smallest absolute Gasteiger partial charge is 0.345 e. The lowest BCUT2D eigenvalue weighted by Crippen LogP contribution is -2.19. The van der Waals surface area contributed by atoms with Gasteiger partial charge < -0.3 is 20.3 Å². The second-order valence-corrected chi connectivity index (χ2v) is 4.24. The third kappa shape index (κ3) is 2.23. The van der Waals surface area contributed by atoms with E-state index in [4.69, 9.17) is 5.11 Å². The molecule has 2 rings (SSSR count). The van der Waals surface area contributed by atoms with Crippen molar-refractivity contribution in [3.8, 4) is 22.8 Å². The van der Waals surface area contributed by atoms with Gasteiger partial charge >= 0.3 is 5.97 Å². The largest absolute Gasteiger partial charge is 0.508 e. The summed E-state index contributed by atoms with van der Waals surface area (Å²) in [4.78, 5) is 25.2. The molecule has 0 aliphatic rings. The first-order chi connectivity index (χ1) is 9.45. The molecule has 6 nitrogen and oxygen atoms in total. The van der Waals surface area contributed by atoms with Crippen molar-refractivity contribution < 1.29 is 20.1 Å². The van der Waals surface area contributed by atoms with Crippen LogP contribution in [0.2, 0.25) is 0 Å². The van der Waals surface area contributed by atoms with Crippen LogP contribution in [-0.2, 0) is 6.42 Å². The van der Waals surface area contributed by atoms with Crippen molar-refractivity contribution >= 4 is 5.97 Å². The van der Waals surface area contributed by atoms with E-state index in [0.29, 0.717) is 23.2 Å². The number of aromatic nitrogens is 1. The highest BCUT2D eigenvalue weighted by molar-refractivity contribution is 5.91. The predicted octanol–water partition coefficient (Wildman–Crippen LogP) is 1.71. The van der Waals surface area contributed by atoms with Crippen LogP contribution in [0.3, 0.4) is 0 Å². The zero-order chi connectivity index (χ0) is 14.9. The fourth-order valence-corrected chi connectivity index (χ4v) is 2.05. The second-order valence-electron chi connectivity index (χ2n) is 4.24. The molecular weight excluding hydrogens is 262 g/mol. The Morgan fingerprint density at radius 2 is 1.80 bits per heavy atom. The van der Waals surface area contributed by atoms with Crippen molar-refractivity contribution in [2.24, 2.45) is 0 Å². The summed E-state index contributed by atoms with van der Waals surface area (Å²) in [5, 5.41) is 28.2. The second kappa shape index (κ2) is 5.08. The Bertz CT molecular complexity index is 716. The van der Waals surface area contributed by atoms with Crippen LogP contribution in [0, 0.1) is 0 Å². The number of benzene rings is 1. The van der Waals surface area contributed by atoms with E-state index in [-0.39, 0.29) is 5.75 Å². The molecule has 0 radical (unpaired) electrons. The normalized spacial score (nSPS) is 10.4. The summed E-state index contributed by atoms with van der Waals surface area (Å²) >= 11 is 0. The molecule has 1 heterocycles. The van der Waals surface area contributed by atoms with Gasteiger partial charge in [0.15, 0.2) is 5.56 Å². The Kier molecular flexibility index (Phi) is 3.47. The standard InChI is InChI=1S/C14H13NO5/c1-2-9-11(7-3-5-8(16)6-4-7)15-13(18)10(12(9)17)14(19)20/h3-6,16H,2H2,1H3,(H,19,20)(H2,15,17,18). The van der Waals surface area contributed by atoms with Gasteiger partial charge in [-0.2, -0.15) is 0 Å². The van der Waals surface area contributed by atoms with Crippen molar-refractivity contribution in [1.82, 2.24) is 4.98 Å². The lowest BCUT2D eigenvalue weighted by atomic mass is 10.0. The zero-order valence-electron chi connectivity index (χ0n) is 10.7. The van der Waals surface area contributed by atoms with Crippen LogP contribution in [0.1, 0.15) is 22.8 Å². The lowest BCUT2D eigenvalue weighted by molar-refractivity contribution is 0.0691. The highest BCUT2D eigenvalue weighted by Crippen LogP contribution is 2.30. The molecule has 0 fully saturated rings. The Morgan fingerprint density at radius 1 is 1.20 bits per heavy atom. The monoisotopic (exact) mass is 275 g/mol. The van der Waals surface area contributed by atoms with Gasteiger partial charge in [0.25, 0.3) is 5.56 Å². The highest BCUT2D eigenvalue weighted by Gasteiger charge is 2.21. The molecule has 6 heteroatoms. The molecule has 0 saturated carbocycles. The number of aromatic hydroxyl groups is 2. The number of carboxylic acid groups (broad SMARTS) is 1. The minimum atomic E-state index is -1.48. The molecule has 104 valence electrons. The van der Waals surface area contributed by atoms with E-state index >= 15 is 0 Å². The van der Waals surface area contributed by atoms with Crippen molar-refractivity contribution in [2.75, 3.05) is 0 Å². The summed E-state index contributed by atoms with van der Waals surface area (Å²) in [6.07, 6.45) is 0.346. The number of pyridine rings is 1. The Hall–Kier alpha value is -2.76. The lowest BCUT2D eigenvalue weighted by Gasteiger charge is -2.11. The van der Waals surface area contributed by atoms with Gasteiger partial charge in [-0.1, -0.05) is 6.92 Å². The summed E-state index contributed by atoms with van der Waals surface area (Å²) in [6, 6.07) is 6.02. The van der Waals surface area contributed by atoms with E-state index in [1.807, 2.05) is 0 Å². The zero-order valence-corrected chi connectivity index (χ0v) is 10.7. The average molecular weight is 275 g/mol. The predicted molar refractivity (Wildman–Crippen MR) is 72.2 cm³/mol. The number of carbonyl (C=O) groups is 1. The first-order valence-corrected chi connectivity index (χ1v) is 5.96. The highest BCUT2D eigenvalue weighted by atomic mass is 16.4. The van der Waals surface area contributed by atoms with Crippen molar-refractivity contribution in [2.45, 2.75) is 13.3 Å². The van der Waals surface area contributed by atoms with Crippen LogP contribution in [0.5, 0.6) is 11.5 Å². The maximum atomic E-state index is 11.8. The van der Waals surface area contributed by atoms with E-state index in [1.54, 1.807) is 19.1 Å². The molecule has 0 atom stereocenters. The third-order valence-corrected chi connectivity index (χ3v) is 3.01. The average Bonchev–Trinajstić information content (AvgIpc) is 2.38. The van der Waals surface area contributed by atoms with Gasteiger partial charge in [0, 0.05) is 5.56 Å². The van der Waals surface area contributed by atoms with Crippen LogP contribution >= 0.6 is 0 Å². The van der Waals surface area contributed by atoms with Gasteiger partial charge in [-0.25, -0.2) is 4.79 Å². The molecule has 0 saturated heterocycles. The topological polar surface area (TPSA) is 111 Å². The fourth-order valence-electron chi connectivity index (χ4n) is 2.05. The van der Waals surface area contributed by atoms with E-state index in [2.05, 4.69) is 4.98 Å². The number of H-pyrrole nitrogens is 1. The molecule has 0 spiro atoms. The minimum absolute atomic E-state index is 0.0699. The van der Waals surface area contributed by atoms with Gasteiger partial charge in [-0.15, -0.1) is 0 Å². The van der Waals surface area contributed by atoms with E-state index in [9.17, 15) is 19.8 Å². The Balaban J connectivity index is 2.75. The van der Waals surface area contributed by atoms with Crippen LogP contribution in [-0.4, -0.2) is 26.3 Å². The number of phenols is 1. The number of phenolic OH excluding ortho intramolecular Hbond substituents is 1. The molecule has 0 aliphatic heterocycles. The Labute approximate surface area is 114 Å². The molecule has 1 aromatic heterocycles. The number of rotatable bonds is 3. The quantitative estimate of drug-likeness (QED) is 0.681. The van der Waals surface area contributed by atoms with Crippen LogP contribution < -0.4 is 5.56 Å². The maximum absolute atomic E-state index is 11.8. The van der Waals surface area contributed by atoms with Crippen molar-refractivity contribution in [3.63, 3.8) is 0 Å². The van der Waals surface area contributed by atoms with Gasteiger partial charge in [-0.05, 0) is 36.2 Å². The van der Waals surface area contributed by atoms with E-state index in [1.165, 1.54) is 12.1 Å². The number of carboxylic acids is 1. The fraction of sp³-hybridized carbons (Fsp3) is 0.143. The van der Waals surface area contributed by atoms with Crippen molar-refractivity contribution in [3.05, 3.63) is 45.7 Å². The number of aromatic amines is 1.